The minimum atomic E-state index is -0.227. The third kappa shape index (κ3) is 4.61. The fourth-order valence-corrected chi connectivity index (χ4v) is 1.96. The molecule has 0 fully saturated rings. The van der Waals surface area contributed by atoms with Gasteiger partial charge in [-0.25, -0.2) is 4.79 Å². The predicted octanol–water partition coefficient (Wildman–Crippen LogP) is 1.27. The SMILES string of the molecule is Cn1cc(-c2cccc(CNC(=O)NCCCO)c2)cn1. The van der Waals surface area contributed by atoms with E-state index in [4.69, 9.17) is 5.11 Å². The van der Waals surface area contributed by atoms with E-state index in [0.717, 1.165) is 16.7 Å². The van der Waals surface area contributed by atoms with Gasteiger partial charge in [0.1, 0.15) is 0 Å². The molecule has 1 aromatic heterocycles. The van der Waals surface area contributed by atoms with Gasteiger partial charge in [-0.1, -0.05) is 18.2 Å². The number of urea groups is 1. The van der Waals surface area contributed by atoms with Crippen molar-refractivity contribution in [2.24, 2.45) is 7.05 Å². The van der Waals surface area contributed by atoms with E-state index in [1.807, 2.05) is 43.7 Å². The largest absolute Gasteiger partial charge is 0.396 e. The first-order valence-electron chi connectivity index (χ1n) is 6.89. The van der Waals surface area contributed by atoms with E-state index in [-0.39, 0.29) is 12.6 Å². The summed E-state index contributed by atoms with van der Waals surface area (Å²) in [7, 11) is 1.88. The molecule has 0 atom stereocenters. The molecule has 112 valence electrons. The number of aromatic nitrogens is 2. The van der Waals surface area contributed by atoms with Crippen LogP contribution in [0.2, 0.25) is 0 Å². The van der Waals surface area contributed by atoms with Crippen molar-refractivity contribution in [3.05, 3.63) is 42.2 Å². The molecule has 21 heavy (non-hydrogen) atoms. The predicted molar refractivity (Wildman–Crippen MR) is 80.6 cm³/mol. The third-order valence-corrected chi connectivity index (χ3v) is 3.04. The molecule has 1 aromatic carbocycles. The number of rotatable bonds is 6. The van der Waals surface area contributed by atoms with Crippen LogP contribution in [0.25, 0.3) is 11.1 Å². The molecule has 0 saturated heterocycles. The number of aryl methyl sites for hydroxylation is 1. The monoisotopic (exact) mass is 288 g/mol. The van der Waals surface area contributed by atoms with Gasteiger partial charge in [-0.2, -0.15) is 5.10 Å². The number of aliphatic hydroxyl groups is 1. The molecule has 2 rings (SSSR count). The first-order chi connectivity index (χ1) is 10.2. The maximum atomic E-state index is 11.5. The fraction of sp³-hybridized carbons (Fsp3) is 0.333. The fourth-order valence-electron chi connectivity index (χ4n) is 1.96. The standard InChI is InChI=1S/C15H20N4O2/c1-19-11-14(10-18-19)13-5-2-4-12(8-13)9-17-15(21)16-6-3-7-20/h2,4-5,8,10-11,20H,3,6-7,9H2,1H3,(H2,16,17,21). The van der Waals surface area contributed by atoms with Gasteiger partial charge in [0.2, 0.25) is 0 Å². The minimum absolute atomic E-state index is 0.0768. The lowest BCUT2D eigenvalue weighted by atomic mass is 10.1. The van der Waals surface area contributed by atoms with E-state index >= 15 is 0 Å². The van der Waals surface area contributed by atoms with Crippen molar-refractivity contribution in [1.82, 2.24) is 20.4 Å². The van der Waals surface area contributed by atoms with Crippen molar-refractivity contribution in [3.63, 3.8) is 0 Å². The van der Waals surface area contributed by atoms with E-state index in [9.17, 15) is 4.79 Å². The Bertz CT molecular complexity index is 595. The first kappa shape index (κ1) is 15.1. The van der Waals surface area contributed by atoms with Gasteiger partial charge in [0.25, 0.3) is 0 Å². The first-order valence-corrected chi connectivity index (χ1v) is 6.89. The molecule has 0 spiro atoms. The van der Waals surface area contributed by atoms with Crippen LogP contribution in [0.4, 0.5) is 4.79 Å². The van der Waals surface area contributed by atoms with Crippen LogP contribution in [-0.2, 0) is 13.6 Å². The Hall–Kier alpha value is -2.34. The van der Waals surface area contributed by atoms with Crippen LogP contribution in [0.5, 0.6) is 0 Å². The van der Waals surface area contributed by atoms with E-state index < -0.39 is 0 Å². The normalized spacial score (nSPS) is 10.4. The van der Waals surface area contributed by atoms with Crippen molar-refractivity contribution in [2.75, 3.05) is 13.2 Å². The molecule has 2 amide bonds. The molecule has 1 heterocycles. The maximum absolute atomic E-state index is 11.5. The van der Waals surface area contributed by atoms with Crippen molar-refractivity contribution in [1.29, 1.82) is 0 Å². The Morgan fingerprint density at radius 1 is 1.33 bits per heavy atom. The molecule has 6 heteroatoms. The summed E-state index contributed by atoms with van der Waals surface area (Å²) in [5, 5.41) is 18.3. The van der Waals surface area contributed by atoms with Gasteiger partial charge in [0.15, 0.2) is 0 Å². The average molecular weight is 288 g/mol. The number of carbonyl (C=O) groups is 1. The topological polar surface area (TPSA) is 79.2 Å². The zero-order chi connectivity index (χ0) is 15.1. The molecule has 0 saturated carbocycles. The van der Waals surface area contributed by atoms with Crippen molar-refractivity contribution in [3.8, 4) is 11.1 Å². The van der Waals surface area contributed by atoms with Gasteiger partial charge in [0.05, 0.1) is 6.20 Å². The Morgan fingerprint density at radius 2 is 2.19 bits per heavy atom. The van der Waals surface area contributed by atoms with Gasteiger partial charge in [-0.05, 0) is 23.6 Å². The quantitative estimate of drug-likeness (QED) is 0.700. The molecule has 0 unspecified atom stereocenters. The van der Waals surface area contributed by atoms with Crippen LogP contribution in [0.15, 0.2) is 36.7 Å². The second-order valence-corrected chi connectivity index (χ2v) is 4.79. The smallest absolute Gasteiger partial charge is 0.315 e. The Kier molecular flexibility index (Phi) is 5.34. The van der Waals surface area contributed by atoms with Crippen LogP contribution < -0.4 is 10.6 Å². The highest BCUT2D eigenvalue weighted by molar-refractivity contribution is 5.73. The van der Waals surface area contributed by atoms with Crippen molar-refractivity contribution >= 4 is 6.03 Å². The summed E-state index contributed by atoms with van der Waals surface area (Å²) in [5.74, 6) is 0. The summed E-state index contributed by atoms with van der Waals surface area (Å²) in [4.78, 5) is 11.5. The minimum Gasteiger partial charge on any atom is -0.396 e. The van der Waals surface area contributed by atoms with Crippen molar-refractivity contribution < 1.29 is 9.90 Å². The van der Waals surface area contributed by atoms with E-state index in [1.165, 1.54) is 0 Å². The number of aliphatic hydroxyl groups excluding tert-OH is 1. The molecule has 0 aliphatic rings. The van der Waals surface area contributed by atoms with Crippen LogP contribution >= 0.6 is 0 Å². The van der Waals surface area contributed by atoms with Gasteiger partial charge in [0, 0.05) is 38.5 Å². The highest BCUT2D eigenvalue weighted by Gasteiger charge is 2.03. The van der Waals surface area contributed by atoms with E-state index in [2.05, 4.69) is 15.7 Å². The van der Waals surface area contributed by atoms with E-state index in [1.54, 1.807) is 4.68 Å². The average Bonchev–Trinajstić information content (AvgIpc) is 2.92. The van der Waals surface area contributed by atoms with Crippen molar-refractivity contribution in [2.45, 2.75) is 13.0 Å². The molecule has 0 bridgehead atoms. The molecule has 0 aliphatic heterocycles. The Labute approximate surface area is 123 Å². The lowest BCUT2D eigenvalue weighted by molar-refractivity contribution is 0.237. The summed E-state index contributed by atoms with van der Waals surface area (Å²) in [6.07, 6.45) is 4.33. The van der Waals surface area contributed by atoms with Gasteiger partial charge < -0.3 is 15.7 Å². The molecule has 0 aliphatic carbocycles. The van der Waals surface area contributed by atoms with Crippen LogP contribution in [0.3, 0.4) is 0 Å². The summed E-state index contributed by atoms with van der Waals surface area (Å²) in [6.45, 7) is 1.00. The highest BCUT2D eigenvalue weighted by atomic mass is 16.3. The molecular weight excluding hydrogens is 268 g/mol. The lowest BCUT2D eigenvalue weighted by Crippen LogP contribution is -2.35. The molecule has 2 aromatic rings. The third-order valence-electron chi connectivity index (χ3n) is 3.04. The summed E-state index contributed by atoms with van der Waals surface area (Å²) in [5.41, 5.74) is 3.14. The number of nitrogens with zero attached hydrogens (tertiary/aromatic N) is 2. The second-order valence-electron chi connectivity index (χ2n) is 4.79. The number of hydrogen-bond acceptors (Lipinski definition) is 3. The number of hydrogen-bond donors (Lipinski definition) is 3. The summed E-state index contributed by atoms with van der Waals surface area (Å²) < 4.78 is 1.76. The zero-order valence-electron chi connectivity index (χ0n) is 12.0. The van der Waals surface area contributed by atoms with Gasteiger partial charge >= 0.3 is 6.03 Å². The Balaban J connectivity index is 1.91. The zero-order valence-corrected chi connectivity index (χ0v) is 12.0. The Morgan fingerprint density at radius 3 is 2.90 bits per heavy atom. The molecule has 3 N–H and O–H groups in total. The summed E-state index contributed by atoms with van der Waals surface area (Å²) >= 11 is 0. The highest BCUT2D eigenvalue weighted by Crippen LogP contribution is 2.19. The maximum Gasteiger partial charge on any atom is 0.315 e. The number of nitrogens with one attached hydrogen (secondary N) is 2. The molecule has 0 radical (unpaired) electrons. The molecular formula is C15H20N4O2. The number of amides is 2. The van der Waals surface area contributed by atoms with Crippen LogP contribution in [-0.4, -0.2) is 34.1 Å². The van der Waals surface area contributed by atoms with Gasteiger partial charge in [-0.3, -0.25) is 4.68 Å². The lowest BCUT2D eigenvalue weighted by Gasteiger charge is -2.08. The van der Waals surface area contributed by atoms with E-state index in [0.29, 0.717) is 19.5 Å². The summed E-state index contributed by atoms with van der Waals surface area (Å²) in [6, 6.07) is 7.75. The van der Waals surface area contributed by atoms with Crippen LogP contribution in [0, 0.1) is 0 Å². The number of benzene rings is 1. The molecule has 6 nitrogen and oxygen atoms in total. The second kappa shape index (κ2) is 7.44. The number of carbonyl (C=O) groups excluding carboxylic acids is 1. The van der Waals surface area contributed by atoms with Gasteiger partial charge in [-0.15, -0.1) is 0 Å². The van der Waals surface area contributed by atoms with Crippen LogP contribution in [0.1, 0.15) is 12.0 Å².